The van der Waals surface area contributed by atoms with Crippen LogP contribution in [0.4, 0.5) is 4.39 Å². The summed E-state index contributed by atoms with van der Waals surface area (Å²) in [6.07, 6.45) is 2.57. The van der Waals surface area contributed by atoms with Crippen LogP contribution in [0.3, 0.4) is 0 Å². The maximum atomic E-state index is 12.9. The van der Waals surface area contributed by atoms with E-state index in [-0.39, 0.29) is 35.9 Å². The molecule has 2 rings (SSSR count). The Morgan fingerprint density at radius 1 is 1.27 bits per heavy atom. The van der Waals surface area contributed by atoms with E-state index in [1.807, 2.05) is 6.92 Å². The van der Waals surface area contributed by atoms with E-state index >= 15 is 0 Å². The van der Waals surface area contributed by atoms with E-state index in [1.165, 1.54) is 25.0 Å². The van der Waals surface area contributed by atoms with E-state index < -0.39 is 0 Å². The summed E-state index contributed by atoms with van der Waals surface area (Å²) in [5, 5.41) is 6.61. The zero-order chi connectivity index (χ0) is 18.2. The first-order chi connectivity index (χ1) is 12.0. The van der Waals surface area contributed by atoms with Crippen LogP contribution in [-0.2, 0) is 0 Å². The minimum atomic E-state index is -0.259. The summed E-state index contributed by atoms with van der Waals surface area (Å²) in [5.74, 6) is 2.00. The number of guanidine groups is 1. The fourth-order valence-electron chi connectivity index (χ4n) is 2.77. The van der Waals surface area contributed by atoms with E-state index in [0.29, 0.717) is 18.3 Å². The third-order valence-corrected chi connectivity index (χ3v) is 4.32. The van der Waals surface area contributed by atoms with Crippen LogP contribution >= 0.6 is 24.0 Å². The van der Waals surface area contributed by atoms with Crippen LogP contribution in [-0.4, -0.2) is 56.7 Å². The number of nitrogens with one attached hydrogen (secondary N) is 2. The monoisotopic (exact) mass is 478 g/mol. The van der Waals surface area contributed by atoms with Crippen molar-refractivity contribution in [2.75, 3.05) is 33.7 Å². The number of ether oxygens (including phenoxy) is 1. The van der Waals surface area contributed by atoms with Crippen LogP contribution in [0, 0.1) is 11.7 Å². The second-order valence-corrected chi connectivity index (χ2v) is 6.85. The predicted molar refractivity (Wildman–Crippen MR) is 116 cm³/mol. The maximum absolute atomic E-state index is 12.9. The summed E-state index contributed by atoms with van der Waals surface area (Å²) in [5.41, 5.74) is 0. The Morgan fingerprint density at radius 3 is 2.46 bits per heavy atom. The highest BCUT2D eigenvalue weighted by atomic mass is 127. The highest BCUT2D eigenvalue weighted by molar-refractivity contribution is 14.0. The lowest BCUT2D eigenvalue weighted by Crippen LogP contribution is -2.43. The van der Waals surface area contributed by atoms with Crippen molar-refractivity contribution in [1.82, 2.24) is 15.5 Å². The van der Waals surface area contributed by atoms with Gasteiger partial charge in [-0.15, -0.1) is 24.0 Å². The minimum Gasteiger partial charge on any atom is -0.489 e. The van der Waals surface area contributed by atoms with Crippen LogP contribution in [0.1, 0.15) is 26.7 Å². The summed E-state index contributed by atoms with van der Waals surface area (Å²) in [7, 11) is 4.24. The molecule has 0 bridgehead atoms. The lowest BCUT2D eigenvalue weighted by atomic mass is 10.2. The molecule has 26 heavy (non-hydrogen) atoms. The van der Waals surface area contributed by atoms with Gasteiger partial charge in [0.05, 0.1) is 13.1 Å². The smallest absolute Gasteiger partial charge is 0.191 e. The van der Waals surface area contributed by atoms with E-state index in [1.54, 1.807) is 12.1 Å². The first-order valence-corrected chi connectivity index (χ1v) is 9.10. The molecule has 148 valence electrons. The van der Waals surface area contributed by atoms with Gasteiger partial charge in [0.2, 0.25) is 0 Å². The van der Waals surface area contributed by atoms with Gasteiger partial charge in [-0.3, -0.25) is 4.99 Å². The Kier molecular flexibility index (Phi) is 10.2. The van der Waals surface area contributed by atoms with Gasteiger partial charge in [0, 0.05) is 12.6 Å². The second-order valence-electron chi connectivity index (χ2n) is 6.85. The topological polar surface area (TPSA) is 48.9 Å². The SMILES string of the molecule is CCNC(=NCC(C1CC1)N(C)C)NCC(C)Oc1ccc(F)cc1.I. The summed E-state index contributed by atoms with van der Waals surface area (Å²) in [4.78, 5) is 7.00. The van der Waals surface area contributed by atoms with Crippen molar-refractivity contribution in [2.24, 2.45) is 10.9 Å². The molecule has 1 aliphatic carbocycles. The Balaban J connectivity index is 0.00000338. The van der Waals surface area contributed by atoms with Crippen molar-refractivity contribution < 1.29 is 9.13 Å². The average molecular weight is 478 g/mol. The van der Waals surface area contributed by atoms with Gasteiger partial charge in [0.25, 0.3) is 0 Å². The van der Waals surface area contributed by atoms with Gasteiger partial charge >= 0.3 is 0 Å². The van der Waals surface area contributed by atoms with Crippen molar-refractivity contribution in [3.05, 3.63) is 30.1 Å². The Hall–Kier alpha value is -1.09. The average Bonchev–Trinajstić information content (AvgIpc) is 3.39. The summed E-state index contributed by atoms with van der Waals surface area (Å²) in [6.45, 7) is 6.27. The van der Waals surface area contributed by atoms with Crippen molar-refractivity contribution in [3.63, 3.8) is 0 Å². The van der Waals surface area contributed by atoms with Gasteiger partial charge < -0.3 is 20.3 Å². The van der Waals surface area contributed by atoms with Gasteiger partial charge in [-0.2, -0.15) is 0 Å². The molecule has 1 aromatic rings. The predicted octanol–water partition coefficient (Wildman–Crippen LogP) is 3.11. The van der Waals surface area contributed by atoms with Crippen LogP contribution in [0.2, 0.25) is 0 Å². The molecule has 2 unspecified atom stereocenters. The first kappa shape index (κ1) is 23.0. The van der Waals surface area contributed by atoms with Crippen molar-refractivity contribution in [1.29, 1.82) is 0 Å². The number of halogens is 2. The Bertz CT molecular complexity index is 547. The number of hydrogen-bond donors (Lipinski definition) is 2. The molecule has 5 nitrogen and oxygen atoms in total. The molecule has 0 radical (unpaired) electrons. The number of likely N-dealkylation sites (N-methyl/N-ethyl adjacent to an activating group) is 1. The largest absolute Gasteiger partial charge is 0.489 e. The molecule has 1 fully saturated rings. The summed E-state index contributed by atoms with van der Waals surface area (Å²) >= 11 is 0. The van der Waals surface area contributed by atoms with Gasteiger partial charge in [0.1, 0.15) is 17.7 Å². The minimum absolute atomic E-state index is 0. The van der Waals surface area contributed by atoms with Crippen LogP contribution in [0.15, 0.2) is 29.3 Å². The molecule has 1 aromatic carbocycles. The molecule has 7 heteroatoms. The number of aliphatic imine (C=N–C) groups is 1. The molecule has 0 spiro atoms. The van der Waals surface area contributed by atoms with E-state index in [0.717, 1.165) is 25.0 Å². The van der Waals surface area contributed by atoms with Crippen molar-refractivity contribution >= 4 is 29.9 Å². The number of rotatable bonds is 9. The Labute approximate surface area is 173 Å². The molecule has 0 heterocycles. The molecule has 0 saturated heterocycles. The Morgan fingerprint density at radius 2 is 1.92 bits per heavy atom. The summed E-state index contributed by atoms with van der Waals surface area (Å²) < 4.78 is 18.7. The normalized spacial score (nSPS) is 16.6. The van der Waals surface area contributed by atoms with Crippen molar-refractivity contribution in [3.8, 4) is 5.75 Å². The maximum Gasteiger partial charge on any atom is 0.191 e. The second kappa shape index (κ2) is 11.6. The van der Waals surface area contributed by atoms with Gasteiger partial charge in [-0.1, -0.05) is 0 Å². The lowest BCUT2D eigenvalue weighted by Gasteiger charge is -2.23. The molecular weight excluding hydrogens is 446 g/mol. The molecule has 1 aliphatic rings. The molecule has 0 aromatic heterocycles. The molecule has 0 aliphatic heterocycles. The quantitative estimate of drug-likeness (QED) is 0.326. The number of benzene rings is 1. The third kappa shape index (κ3) is 8.07. The summed E-state index contributed by atoms with van der Waals surface area (Å²) in [6, 6.07) is 6.59. The van der Waals surface area contributed by atoms with Gasteiger partial charge in [-0.25, -0.2) is 4.39 Å². The highest BCUT2D eigenvalue weighted by Gasteiger charge is 2.32. The molecular formula is C19H32FIN4O. The van der Waals surface area contributed by atoms with E-state index in [4.69, 9.17) is 9.73 Å². The number of hydrogen-bond acceptors (Lipinski definition) is 3. The zero-order valence-corrected chi connectivity index (χ0v) is 18.5. The zero-order valence-electron chi connectivity index (χ0n) is 16.2. The van der Waals surface area contributed by atoms with Gasteiger partial charge in [0.15, 0.2) is 5.96 Å². The highest BCUT2D eigenvalue weighted by Crippen LogP contribution is 2.34. The molecule has 0 amide bonds. The van der Waals surface area contributed by atoms with Crippen LogP contribution in [0.25, 0.3) is 0 Å². The standard InChI is InChI=1S/C19H31FN4O.HI/c1-5-21-19(23-13-18(24(3)4)15-6-7-15)22-12-14(2)25-17-10-8-16(20)9-11-17;/h8-11,14-15,18H,5-7,12-13H2,1-4H3,(H2,21,22,23);1H. The van der Waals surface area contributed by atoms with Crippen molar-refractivity contribution in [2.45, 2.75) is 38.8 Å². The first-order valence-electron chi connectivity index (χ1n) is 9.10. The van der Waals surface area contributed by atoms with Crippen LogP contribution in [0.5, 0.6) is 5.75 Å². The van der Waals surface area contributed by atoms with Crippen LogP contribution < -0.4 is 15.4 Å². The molecule has 2 N–H and O–H groups in total. The van der Waals surface area contributed by atoms with E-state index in [2.05, 4.69) is 36.6 Å². The van der Waals surface area contributed by atoms with Gasteiger partial charge in [-0.05, 0) is 71.0 Å². The third-order valence-electron chi connectivity index (χ3n) is 4.32. The number of nitrogens with zero attached hydrogens (tertiary/aromatic N) is 2. The fourth-order valence-corrected chi connectivity index (χ4v) is 2.77. The van der Waals surface area contributed by atoms with E-state index in [9.17, 15) is 4.39 Å². The fraction of sp³-hybridized carbons (Fsp3) is 0.632. The lowest BCUT2D eigenvalue weighted by molar-refractivity contribution is 0.223. The molecule has 1 saturated carbocycles. The molecule has 2 atom stereocenters.